The predicted octanol–water partition coefficient (Wildman–Crippen LogP) is 2.22. The fraction of sp³-hybridized carbons (Fsp3) is 0.583. The highest BCUT2D eigenvalue weighted by atomic mass is 35.5. The number of anilines is 1. The van der Waals surface area contributed by atoms with Crippen molar-refractivity contribution in [1.29, 1.82) is 0 Å². The first-order chi connectivity index (χ1) is 8.49. The van der Waals surface area contributed by atoms with Gasteiger partial charge in [0.25, 0.3) is 0 Å². The van der Waals surface area contributed by atoms with Gasteiger partial charge in [0, 0.05) is 12.0 Å². The van der Waals surface area contributed by atoms with Crippen molar-refractivity contribution in [1.82, 2.24) is 10.2 Å². The van der Waals surface area contributed by atoms with Crippen LogP contribution in [0.2, 0.25) is 5.15 Å². The van der Waals surface area contributed by atoms with Gasteiger partial charge < -0.3 is 11.1 Å². The van der Waals surface area contributed by atoms with Crippen LogP contribution in [0.4, 0.5) is 5.82 Å². The first kappa shape index (κ1) is 14.9. The molecule has 5 nitrogen and oxygen atoms in total. The Bertz CT molecular complexity index is 380. The second kappa shape index (κ2) is 7.28. The fourth-order valence-electron chi connectivity index (χ4n) is 1.51. The highest BCUT2D eigenvalue weighted by Gasteiger charge is 2.13. The van der Waals surface area contributed by atoms with E-state index >= 15 is 0 Å². The standard InChI is InChI=1S/C12H19ClN4O/c1-8(4-3-5-9(2)14)12(18)15-11-7-6-10(13)16-17-11/h6-9H,3-5,14H2,1-2H3,(H,15,17,18). The van der Waals surface area contributed by atoms with E-state index in [1.54, 1.807) is 12.1 Å². The van der Waals surface area contributed by atoms with Crippen molar-refractivity contribution < 1.29 is 4.79 Å². The van der Waals surface area contributed by atoms with Crippen LogP contribution in [-0.2, 0) is 4.79 Å². The van der Waals surface area contributed by atoms with E-state index in [2.05, 4.69) is 15.5 Å². The fourth-order valence-corrected chi connectivity index (χ4v) is 1.61. The van der Waals surface area contributed by atoms with Crippen LogP contribution < -0.4 is 11.1 Å². The Morgan fingerprint density at radius 3 is 2.67 bits per heavy atom. The summed E-state index contributed by atoms with van der Waals surface area (Å²) in [4.78, 5) is 11.8. The second-order valence-electron chi connectivity index (χ2n) is 4.54. The molecule has 18 heavy (non-hydrogen) atoms. The van der Waals surface area contributed by atoms with Crippen LogP contribution in [0.25, 0.3) is 0 Å². The van der Waals surface area contributed by atoms with Crippen molar-refractivity contribution in [2.45, 2.75) is 39.2 Å². The molecular formula is C12H19ClN4O. The lowest BCUT2D eigenvalue weighted by Gasteiger charge is -2.12. The Labute approximate surface area is 112 Å². The molecular weight excluding hydrogens is 252 g/mol. The summed E-state index contributed by atoms with van der Waals surface area (Å²) in [5.41, 5.74) is 5.66. The van der Waals surface area contributed by atoms with Gasteiger partial charge in [-0.3, -0.25) is 4.79 Å². The maximum Gasteiger partial charge on any atom is 0.228 e. The average Bonchev–Trinajstić information content (AvgIpc) is 2.31. The zero-order valence-electron chi connectivity index (χ0n) is 10.7. The molecule has 2 atom stereocenters. The van der Waals surface area contributed by atoms with Crippen LogP contribution in [0, 0.1) is 5.92 Å². The summed E-state index contributed by atoms with van der Waals surface area (Å²) in [6.07, 6.45) is 2.69. The van der Waals surface area contributed by atoms with Crippen LogP contribution in [0.15, 0.2) is 12.1 Å². The van der Waals surface area contributed by atoms with E-state index in [0.717, 1.165) is 19.3 Å². The quantitative estimate of drug-likeness (QED) is 0.830. The summed E-state index contributed by atoms with van der Waals surface area (Å²) in [6.45, 7) is 3.86. The Kier molecular flexibility index (Phi) is 6.01. The number of hydrogen-bond acceptors (Lipinski definition) is 4. The van der Waals surface area contributed by atoms with Gasteiger partial charge in [-0.05, 0) is 31.9 Å². The Morgan fingerprint density at radius 1 is 1.39 bits per heavy atom. The number of amides is 1. The number of nitrogens with two attached hydrogens (primary N) is 1. The van der Waals surface area contributed by atoms with E-state index in [4.69, 9.17) is 17.3 Å². The molecule has 2 unspecified atom stereocenters. The second-order valence-corrected chi connectivity index (χ2v) is 4.93. The maximum atomic E-state index is 11.8. The molecule has 0 fully saturated rings. The molecule has 0 saturated heterocycles. The van der Waals surface area contributed by atoms with E-state index in [1.165, 1.54) is 0 Å². The van der Waals surface area contributed by atoms with Gasteiger partial charge in [0.15, 0.2) is 11.0 Å². The van der Waals surface area contributed by atoms with Crippen LogP contribution in [0.5, 0.6) is 0 Å². The average molecular weight is 271 g/mol. The molecule has 0 saturated carbocycles. The molecule has 100 valence electrons. The van der Waals surface area contributed by atoms with Gasteiger partial charge >= 0.3 is 0 Å². The van der Waals surface area contributed by atoms with Crippen LogP contribution in [0.3, 0.4) is 0 Å². The minimum Gasteiger partial charge on any atom is -0.328 e. The maximum absolute atomic E-state index is 11.8. The summed E-state index contributed by atoms with van der Waals surface area (Å²) >= 11 is 5.61. The van der Waals surface area contributed by atoms with Crippen molar-refractivity contribution in [3.05, 3.63) is 17.3 Å². The molecule has 1 heterocycles. The predicted molar refractivity (Wildman–Crippen MR) is 72.3 cm³/mol. The number of aromatic nitrogens is 2. The molecule has 1 amide bonds. The molecule has 0 spiro atoms. The minimum atomic E-state index is -0.0683. The number of carbonyl (C=O) groups is 1. The van der Waals surface area contributed by atoms with Gasteiger partial charge in [-0.15, -0.1) is 10.2 Å². The Morgan fingerprint density at radius 2 is 2.11 bits per heavy atom. The number of hydrogen-bond donors (Lipinski definition) is 2. The lowest BCUT2D eigenvalue weighted by Crippen LogP contribution is -2.22. The number of nitrogens with one attached hydrogen (secondary N) is 1. The molecule has 1 aromatic rings. The molecule has 0 aliphatic carbocycles. The van der Waals surface area contributed by atoms with Crippen molar-refractivity contribution in [3.8, 4) is 0 Å². The van der Waals surface area contributed by atoms with Crippen molar-refractivity contribution in [2.24, 2.45) is 11.7 Å². The monoisotopic (exact) mass is 270 g/mol. The Balaban J connectivity index is 2.37. The molecule has 0 aromatic carbocycles. The lowest BCUT2D eigenvalue weighted by molar-refractivity contribution is -0.119. The Hall–Kier alpha value is -1.20. The number of halogens is 1. The lowest BCUT2D eigenvalue weighted by atomic mass is 10.0. The zero-order chi connectivity index (χ0) is 13.5. The van der Waals surface area contributed by atoms with Crippen LogP contribution in [-0.4, -0.2) is 22.1 Å². The van der Waals surface area contributed by atoms with E-state index in [0.29, 0.717) is 11.0 Å². The summed E-state index contributed by atoms with van der Waals surface area (Å²) in [6, 6.07) is 3.40. The van der Waals surface area contributed by atoms with Gasteiger partial charge in [0.1, 0.15) is 0 Å². The van der Waals surface area contributed by atoms with Crippen LogP contribution in [0.1, 0.15) is 33.1 Å². The van der Waals surface area contributed by atoms with E-state index in [-0.39, 0.29) is 17.9 Å². The third-order valence-electron chi connectivity index (χ3n) is 2.63. The summed E-state index contributed by atoms with van der Waals surface area (Å²) in [5, 5.41) is 10.4. The van der Waals surface area contributed by atoms with Crippen molar-refractivity contribution in [3.63, 3.8) is 0 Å². The largest absolute Gasteiger partial charge is 0.328 e. The van der Waals surface area contributed by atoms with Crippen molar-refractivity contribution in [2.75, 3.05) is 5.32 Å². The molecule has 0 radical (unpaired) electrons. The van der Waals surface area contributed by atoms with Gasteiger partial charge in [0.2, 0.25) is 5.91 Å². The van der Waals surface area contributed by atoms with E-state index < -0.39 is 0 Å². The van der Waals surface area contributed by atoms with Gasteiger partial charge in [-0.25, -0.2) is 0 Å². The highest BCUT2D eigenvalue weighted by Crippen LogP contribution is 2.12. The minimum absolute atomic E-state index is 0.0590. The number of carbonyl (C=O) groups excluding carboxylic acids is 1. The molecule has 1 aromatic heterocycles. The summed E-state index contributed by atoms with van der Waals surface area (Å²) < 4.78 is 0. The third-order valence-corrected chi connectivity index (χ3v) is 2.83. The molecule has 6 heteroatoms. The summed E-state index contributed by atoms with van der Waals surface area (Å²) in [7, 11) is 0. The zero-order valence-corrected chi connectivity index (χ0v) is 11.4. The smallest absolute Gasteiger partial charge is 0.228 e. The molecule has 1 rings (SSSR count). The third kappa shape index (κ3) is 5.42. The van der Waals surface area contributed by atoms with E-state index in [9.17, 15) is 4.79 Å². The highest BCUT2D eigenvalue weighted by molar-refractivity contribution is 6.29. The van der Waals surface area contributed by atoms with Gasteiger partial charge in [0.05, 0.1) is 0 Å². The number of nitrogens with zero attached hydrogens (tertiary/aromatic N) is 2. The van der Waals surface area contributed by atoms with Crippen LogP contribution >= 0.6 is 11.6 Å². The van der Waals surface area contributed by atoms with E-state index in [1.807, 2.05) is 13.8 Å². The molecule has 0 bridgehead atoms. The summed E-state index contributed by atoms with van der Waals surface area (Å²) in [5.74, 6) is 0.293. The SMILES string of the molecule is CC(N)CCCC(C)C(=O)Nc1ccc(Cl)nn1. The topological polar surface area (TPSA) is 80.9 Å². The normalized spacial score (nSPS) is 14.0. The number of rotatable bonds is 6. The van der Waals surface area contributed by atoms with Gasteiger partial charge in [-0.2, -0.15) is 0 Å². The first-order valence-electron chi connectivity index (χ1n) is 6.04. The molecule has 3 N–H and O–H groups in total. The molecule has 0 aliphatic heterocycles. The van der Waals surface area contributed by atoms with Crippen molar-refractivity contribution >= 4 is 23.3 Å². The molecule has 0 aliphatic rings. The van der Waals surface area contributed by atoms with Gasteiger partial charge in [-0.1, -0.05) is 24.9 Å². The first-order valence-corrected chi connectivity index (χ1v) is 6.42.